The van der Waals surface area contributed by atoms with Gasteiger partial charge in [-0.1, -0.05) is 72.8 Å². The summed E-state index contributed by atoms with van der Waals surface area (Å²) in [6, 6.07) is 14.3. The highest BCUT2D eigenvalue weighted by atomic mass is 35.5. The minimum Gasteiger partial charge on any atom is -0.352 e. The minimum absolute atomic E-state index is 0.0603. The molecule has 1 N–H and O–H groups in total. The molecule has 0 unspecified atom stereocenters. The lowest BCUT2D eigenvalue weighted by Gasteiger charge is -2.33. The second kappa shape index (κ2) is 14.2. The Balaban J connectivity index is 1.73. The van der Waals surface area contributed by atoms with Crippen molar-refractivity contribution in [2.75, 3.05) is 10.8 Å². The van der Waals surface area contributed by atoms with Gasteiger partial charge in [0.1, 0.15) is 12.6 Å². The van der Waals surface area contributed by atoms with Crippen molar-refractivity contribution in [1.82, 2.24) is 10.2 Å². The molecule has 0 spiro atoms. The van der Waals surface area contributed by atoms with Crippen LogP contribution in [0.4, 0.5) is 18.9 Å². The fourth-order valence-electron chi connectivity index (χ4n) is 5.07. The number of nitrogens with one attached hydrogen (secondary N) is 1. The zero-order valence-corrected chi connectivity index (χ0v) is 26.2. The van der Waals surface area contributed by atoms with Gasteiger partial charge in [-0.2, -0.15) is 13.2 Å². The Kier molecular flexibility index (Phi) is 10.9. The van der Waals surface area contributed by atoms with Crippen molar-refractivity contribution in [2.24, 2.45) is 0 Å². The number of benzene rings is 3. The molecule has 0 aliphatic heterocycles. The second-order valence-corrected chi connectivity index (χ2v) is 13.4. The van der Waals surface area contributed by atoms with Gasteiger partial charge in [-0.05, 0) is 67.8 Å². The van der Waals surface area contributed by atoms with E-state index in [1.807, 2.05) is 0 Å². The molecule has 0 heterocycles. The van der Waals surface area contributed by atoms with Gasteiger partial charge in [0, 0.05) is 22.6 Å². The van der Waals surface area contributed by atoms with Crippen LogP contribution >= 0.6 is 23.2 Å². The highest BCUT2D eigenvalue weighted by Gasteiger charge is 2.35. The number of hydrogen-bond donors (Lipinski definition) is 1. The van der Waals surface area contributed by atoms with E-state index in [9.17, 15) is 31.2 Å². The summed E-state index contributed by atoms with van der Waals surface area (Å²) in [7, 11) is -4.53. The molecular formula is C31H32Cl2F3N3O4S. The molecule has 4 rings (SSSR count). The lowest BCUT2D eigenvalue weighted by molar-refractivity contribution is -0.139. The van der Waals surface area contributed by atoms with Crippen LogP contribution in [0.2, 0.25) is 10.0 Å². The largest absolute Gasteiger partial charge is 0.416 e. The summed E-state index contributed by atoms with van der Waals surface area (Å²) in [5.41, 5.74) is -1.00. The normalized spacial score (nSPS) is 15.0. The Hall–Kier alpha value is -3.28. The Bertz CT molecular complexity index is 1580. The first-order valence-corrected chi connectivity index (χ1v) is 16.3. The first-order chi connectivity index (χ1) is 20.8. The molecule has 1 fully saturated rings. The zero-order valence-electron chi connectivity index (χ0n) is 23.9. The van der Waals surface area contributed by atoms with Gasteiger partial charge in [0.05, 0.1) is 16.1 Å². The highest BCUT2D eigenvalue weighted by Crippen LogP contribution is 2.33. The van der Waals surface area contributed by atoms with Crippen molar-refractivity contribution < 1.29 is 31.2 Å². The van der Waals surface area contributed by atoms with Crippen LogP contribution in [0, 0.1) is 0 Å². The fraction of sp³-hybridized carbons (Fsp3) is 0.355. The van der Waals surface area contributed by atoms with E-state index in [4.69, 9.17) is 23.2 Å². The smallest absolute Gasteiger partial charge is 0.352 e. The summed E-state index contributed by atoms with van der Waals surface area (Å²) in [6.07, 6.45) is -0.159. The molecule has 3 aromatic rings. The van der Waals surface area contributed by atoms with E-state index < -0.39 is 46.2 Å². The third-order valence-corrected chi connectivity index (χ3v) is 9.92. The number of halogens is 5. The number of anilines is 1. The summed E-state index contributed by atoms with van der Waals surface area (Å²) in [4.78, 5) is 28.4. The molecule has 13 heteroatoms. The molecule has 7 nitrogen and oxygen atoms in total. The van der Waals surface area contributed by atoms with Crippen LogP contribution in [0.25, 0.3) is 0 Å². The molecule has 1 aliphatic carbocycles. The summed E-state index contributed by atoms with van der Waals surface area (Å²) in [5.74, 6) is -1.26. The van der Waals surface area contributed by atoms with Crippen molar-refractivity contribution in [1.29, 1.82) is 0 Å². The average Bonchev–Trinajstić information content (AvgIpc) is 2.99. The first-order valence-electron chi connectivity index (χ1n) is 14.1. The van der Waals surface area contributed by atoms with Crippen LogP contribution in [0.1, 0.15) is 50.2 Å². The average molecular weight is 671 g/mol. The predicted molar refractivity (Wildman–Crippen MR) is 164 cm³/mol. The molecule has 3 aromatic carbocycles. The standard InChI is InChI=1S/C31H32Cl2F3N3O4S/c1-21(30(41)37-25-10-4-2-5-11-25)38(19-22-15-16-24(32)18-28(22)33)29(40)20-39(44(42,43)27-13-6-3-7-14-27)26-12-8-9-23(17-26)31(34,35)36/h3,6-9,12-18,21,25H,2,4-5,10-11,19-20H2,1H3,(H,37,41)/t21-/m1/s1. The fourth-order valence-corrected chi connectivity index (χ4v) is 6.97. The van der Waals surface area contributed by atoms with Gasteiger partial charge in [0.15, 0.2) is 0 Å². The molecule has 0 bridgehead atoms. The van der Waals surface area contributed by atoms with Crippen LogP contribution < -0.4 is 9.62 Å². The molecule has 1 atom stereocenters. The van der Waals surface area contributed by atoms with Crippen molar-refractivity contribution >= 4 is 50.7 Å². The highest BCUT2D eigenvalue weighted by molar-refractivity contribution is 7.92. The van der Waals surface area contributed by atoms with Crippen LogP contribution in [-0.4, -0.2) is 43.8 Å². The number of nitrogens with zero attached hydrogens (tertiary/aromatic N) is 2. The molecule has 44 heavy (non-hydrogen) atoms. The minimum atomic E-state index is -4.76. The molecule has 0 saturated heterocycles. The van der Waals surface area contributed by atoms with Crippen LogP contribution in [0.5, 0.6) is 0 Å². The lowest BCUT2D eigenvalue weighted by atomic mass is 9.95. The van der Waals surface area contributed by atoms with Gasteiger partial charge in [0.2, 0.25) is 11.8 Å². The molecule has 0 radical (unpaired) electrons. The Morgan fingerprint density at radius 1 is 0.955 bits per heavy atom. The quantitative estimate of drug-likeness (QED) is 0.250. The summed E-state index contributed by atoms with van der Waals surface area (Å²) < 4.78 is 69.2. The van der Waals surface area contributed by atoms with Gasteiger partial charge in [-0.3, -0.25) is 13.9 Å². The molecular weight excluding hydrogens is 638 g/mol. The number of carbonyl (C=O) groups excluding carboxylic acids is 2. The number of amides is 2. The van der Waals surface area contributed by atoms with Crippen LogP contribution in [0.15, 0.2) is 77.7 Å². The third-order valence-electron chi connectivity index (χ3n) is 7.55. The SMILES string of the molecule is C[C@H](C(=O)NC1CCCCC1)N(Cc1ccc(Cl)cc1Cl)C(=O)CN(c1cccc(C(F)(F)F)c1)S(=O)(=O)c1ccccc1. The van der Waals surface area contributed by atoms with Gasteiger partial charge in [0.25, 0.3) is 10.0 Å². The number of rotatable bonds is 10. The molecule has 1 saturated carbocycles. The van der Waals surface area contributed by atoms with Gasteiger partial charge < -0.3 is 10.2 Å². The third kappa shape index (κ3) is 8.25. The van der Waals surface area contributed by atoms with E-state index in [1.54, 1.807) is 18.2 Å². The maximum atomic E-state index is 14.1. The van der Waals surface area contributed by atoms with E-state index in [1.165, 1.54) is 48.2 Å². The summed E-state index contributed by atoms with van der Waals surface area (Å²) in [6.45, 7) is 0.445. The Labute approximate surface area is 265 Å². The summed E-state index contributed by atoms with van der Waals surface area (Å²) >= 11 is 12.4. The van der Waals surface area contributed by atoms with E-state index in [-0.39, 0.29) is 28.2 Å². The van der Waals surface area contributed by atoms with E-state index in [0.29, 0.717) is 21.0 Å². The summed E-state index contributed by atoms with van der Waals surface area (Å²) in [5, 5.41) is 3.56. The maximum Gasteiger partial charge on any atom is 0.416 e. The van der Waals surface area contributed by atoms with Gasteiger partial charge in [-0.25, -0.2) is 8.42 Å². The monoisotopic (exact) mass is 669 g/mol. The number of sulfonamides is 1. The number of hydrogen-bond acceptors (Lipinski definition) is 4. The first kappa shape index (κ1) is 33.6. The molecule has 2 amide bonds. The Morgan fingerprint density at radius 3 is 2.27 bits per heavy atom. The van der Waals surface area contributed by atoms with Crippen molar-refractivity contribution in [3.63, 3.8) is 0 Å². The van der Waals surface area contributed by atoms with Crippen molar-refractivity contribution in [3.05, 3.63) is 94.0 Å². The van der Waals surface area contributed by atoms with Gasteiger partial charge >= 0.3 is 6.18 Å². The lowest BCUT2D eigenvalue weighted by Crippen LogP contribution is -2.53. The zero-order chi connectivity index (χ0) is 32.1. The van der Waals surface area contributed by atoms with E-state index >= 15 is 0 Å². The van der Waals surface area contributed by atoms with E-state index in [2.05, 4.69) is 5.32 Å². The molecule has 1 aliphatic rings. The van der Waals surface area contributed by atoms with Crippen molar-refractivity contribution in [2.45, 2.75) is 68.7 Å². The maximum absolute atomic E-state index is 14.1. The van der Waals surface area contributed by atoms with Crippen LogP contribution in [0.3, 0.4) is 0 Å². The van der Waals surface area contributed by atoms with E-state index in [0.717, 1.165) is 44.2 Å². The predicted octanol–water partition coefficient (Wildman–Crippen LogP) is 7.07. The Morgan fingerprint density at radius 2 is 1.64 bits per heavy atom. The second-order valence-electron chi connectivity index (χ2n) is 10.6. The number of carbonyl (C=O) groups is 2. The van der Waals surface area contributed by atoms with Crippen LogP contribution in [-0.2, 0) is 32.3 Å². The number of alkyl halides is 3. The molecule has 236 valence electrons. The van der Waals surface area contributed by atoms with Crippen molar-refractivity contribution in [3.8, 4) is 0 Å². The molecule has 0 aromatic heterocycles. The topological polar surface area (TPSA) is 86.8 Å². The van der Waals surface area contributed by atoms with Gasteiger partial charge in [-0.15, -0.1) is 0 Å².